The Kier molecular flexibility index (Phi) is 31.8. The van der Waals surface area contributed by atoms with Crippen LogP contribution in [0.3, 0.4) is 0 Å². The molecule has 0 aliphatic heterocycles. The minimum absolute atomic E-state index is 0. The minimum atomic E-state index is -1.11. The van der Waals surface area contributed by atoms with Gasteiger partial charge in [0, 0.05) is 13.1 Å². The fourth-order valence-corrected chi connectivity index (χ4v) is 18.7. The van der Waals surface area contributed by atoms with Gasteiger partial charge in [-0.3, -0.25) is 0 Å². The molecule has 0 spiro atoms. The van der Waals surface area contributed by atoms with Crippen molar-refractivity contribution in [3.05, 3.63) is 9.30 Å². The van der Waals surface area contributed by atoms with E-state index < -0.39 is 32.9 Å². The predicted molar refractivity (Wildman–Crippen MR) is 148 cm³/mol. The van der Waals surface area contributed by atoms with Gasteiger partial charge in [-0.05, 0) is 28.2 Å². The molecule has 0 aliphatic carbocycles. The standard InChI is InChI=1S/C8H20N2O.2C6H18NSi2.2K/c1-9(2)5-7-11-8-6-10(3)4;2*1-8(2,3)7-9(4,5)6;;/h5-8H2,1-4H3;2*1-6H3;;/q;2*-1;2*+1. The number of hydrogen-bond acceptors (Lipinski definition) is 3. The molecule has 0 N–H and O–H groups in total. The summed E-state index contributed by atoms with van der Waals surface area (Å²) in [5.74, 6) is 0. The molecule has 0 atom stereocenters. The molecule has 0 aromatic carbocycles. The van der Waals surface area contributed by atoms with Crippen molar-refractivity contribution < 1.29 is 108 Å². The van der Waals surface area contributed by atoms with Gasteiger partial charge < -0.3 is 23.8 Å². The Morgan fingerprint density at radius 1 is 0.484 bits per heavy atom. The second-order valence-corrected chi connectivity index (χ2v) is 31.3. The van der Waals surface area contributed by atoms with E-state index in [0.717, 1.165) is 26.3 Å². The van der Waals surface area contributed by atoms with Crippen molar-refractivity contribution in [2.24, 2.45) is 0 Å². The number of rotatable bonds is 10. The smallest absolute Gasteiger partial charge is 0.668 e. The van der Waals surface area contributed by atoms with Crippen LogP contribution in [0.15, 0.2) is 0 Å². The third-order valence-electron chi connectivity index (χ3n) is 2.71. The van der Waals surface area contributed by atoms with Gasteiger partial charge in [0.15, 0.2) is 0 Å². The number of likely N-dealkylation sites (N-methyl/N-ethyl adjacent to an activating group) is 2. The first-order chi connectivity index (χ1) is 12.5. The summed E-state index contributed by atoms with van der Waals surface area (Å²) in [6.07, 6.45) is 0. The normalized spacial score (nSPS) is 12.2. The minimum Gasteiger partial charge on any atom is -0.668 e. The third kappa shape index (κ3) is 60.4. The summed E-state index contributed by atoms with van der Waals surface area (Å²) in [6.45, 7) is 31.2. The Balaban J connectivity index is -0.000000106. The van der Waals surface area contributed by atoms with E-state index in [-0.39, 0.29) is 103 Å². The van der Waals surface area contributed by atoms with Gasteiger partial charge in [0.25, 0.3) is 0 Å². The van der Waals surface area contributed by atoms with Crippen LogP contribution in [0.25, 0.3) is 9.30 Å². The zero-order chi connectivity index (χ0) is 24.1. The second-order valence-electron chi connectivity index (χ2n) is 12.1. The zero-order valence-electron chi connectivity index (χ0n) is 25.0. The maximum Gasteiger partial charge on any atom is 1.00 e. The van der Waals surface area contributed by atoms with Crippen molar-refractivity contribution in [3.63, 3.8) is 0 Å². The number of ether oxygens (including phenoxy) is 1. The van der Waals surface area contributed by atoms with E-state index in [0.29, 0.717) is 0 Å². The average Bonchev–Trinajstić information content (AvgIpc) is 2.29. The van der Waals surface area contributed by atoms with Crippen molar-refractivity contribution in [2.45, 2.75) is 78.6 Å². The van der Waals surface area contributed by atoms with Gasteiger partial charge in [0.1, 0.15) is 0 Å². The van der Waals surface area contributed by atoms with Crippen molar-refractivity contribution >= 4 is 32.9 Å². The van der Waals surface area contributed by atoms with Gasteiger partial charge in [-0.25, -0.2) is 0 Å². The summed E-state index contributed by atoms with van der Waals surface area (Å²) in [7, 11) is 3.78. The summed E-state index contributed by atoms with van der Waals surface area (Å²) in [5.41, 5.74) is 0. The van der Waals surface area contributed by atoms with Crippen molar-refractivity contribution in [3.8, 4) is 0 Å². The summed E-state index contributed by atoms with van der Waals surface area (Å²) < 4.78 is 15.0. The molecule has 180 valence electrons. The molecule has 0 rings (SSSR count). The number of hydrogen-bond donors (Lipinski definition) is 0. The molecular formula is C20H56K2N4OSi4. The Labute approximate surface area is 287 Å². The quantitative estimate of drug-likeness (QED) is 0.284. The molecule has 5 nitrogen and oxygen atoms in total. The summed E-state index contributed by atoms with van der Waals surface area (Å²) >= 11 is 0. The third-order valence-corrected chi connectivity index (χ3v) is 13.4. The largest absolute Gasteiger partial charge is 1.00 e. The molecular weight excluding hydrogens is 503 g/mol. The zero-order valence-corrected chi connectivity index (χ0v) is 35.3. The summed E-state index contributed by atoms with van der Waals surface area (Å²) in [4.78, 5) is 4.24. The topological polar surface area (TPSA) is 43.9 Å². The molecule has 0 aliphatic rings. The van der Waals surface area contributed by atoms with E-state index in [2.05, 4.69) is 117 Å². The summed E-state index contributed by atoms with van der Waals surface area (Å²) in [5, 5.41) is 0. The van der Waals surface area contributed by atoms with Crippen LogP contribution in [0, 0.1) is 0 Å². The van der Waals surface area contributed by atoms with Gasteiger partial charge >= 0.3 is 103 Å². The fraction of sp³-hybridized carbons (Fsp3) is 1.00. The Morgan fingerprint density at radius 3 is 0.774 bits per heavy atom. The predicted octanol–water partition coefficient (Wildman–Crippen LogP) is 0.194. The van der Waals surface area contributed by atoms with E-state index in [1.54, 1.807) is 0 Å². The van der Waals surface area contributed by atoms with E-state index in [1.165, 1.54) is 0 Å². The van der Waals surface area contributed by atoms with Crippen LogP contribution in [0.4, 0.5) is 0 Å². The van der Waals surface area contributed by atoms with Crippen molar-refractivity contribution in [1.29, 1.82) is 0 Å². The van der Waals surface area contributed by atoms with Crippen LogP contribution >= 0.6 is 0 Å². The van der Waals surface area contributed by atoms with E-state index >= 15 is 0 Å². The molecule has 0 bridgehead atoms. The Bertz CT molecular complexity index is 333. The molecule has 0 radical (unpaired) electrons. The molecule has 0 aromatic rings. The summed E-state index contributed by atoms with van der Waals surface area (Å²) in [6, 6.07) is 0. The maximum atomic E-state index is 5.37. The van der Waals surface area contributed by atoms with Crippen LogP contribution in [-0.4, -0.2) is 97.2 Å². The van der Waals surface area contributed by atoms with Crippen molar-refractivity contribution in [1.82, 2.24) is 9.80 Å². The van der Waals surface area contributed by atoms with Crippen LogP contribution in [0.1, 0.15) is 0 Å². The van der Waals surface area contributed by atoms with E-state index in [4.69, 9.17) is 14.0 Å². The van der Waals surface area contributed by atoms with Gasteiger partial charge in [-0.2, -0.15) is 0 Å². The molecule has 0 unspecified atom stereocenters. The Hall–Kier alpha value is 3.94. The molecule has 0 amide bonds. The van der Waals surface area contributed by atoms with Gasteiger partial charge in [0.2, 0.25) is 0 Å². The molecule has 11 heteroatoms. The molecule has 0 saturated heterocycles. The van der Waals surface area contributed by atoms with Gasteiger partial charge in [-0.15, -0.1) is 0 Å². The van der Waals surface area contributed by atoms with Gasteiger partial charge in [-0.1, -0.05) is 112 Å². The first kappa shape index (κ1) is 44.9. The Morgan fingerprint density at radius 2 is 0.677 bits per heavy atom. The van der Waals surface area contributed by atoms with E-state index in [1.807, 2.05) is 0 Å². The monoisotopic (exact) mass is 558 g/mol. The second kappa shape index (κ2) is 22.0. The van der Waals surface area contributed by atoms with Crippen LogP contribution in [0.5, 0.6) is 0 Å². The first-order valence-corrected chi connectivity index (χ1v) is 24.7. The molecule has 0 fully saturated rings. The maximum absolute atomic E-state index is 5.37. The number of nitrogens with zero attached hydrogens (tertiary/aromatic N) is 4. The van der Waals surface area contributed by atoms with Crippen LogP contribution in [0.2, 0.25) is 78.6 Å². The van der Waals surface area contributed by atoms with Gasteiger partial charge in [0.05, 0.1) is 13.2 Å². The van der Waals surface area contributed by atoms with Crippen molar-refractivity contribution in [2.75, 3.05) is 54.5 Å². The first-order valence-electron chi connectivity index (χ1n) is 10.9. The SMILES string of the molecule is CN(C)CCOCCN(C)C.C[Si](C)(C)[N-][Si](C)(C)C.C[Si](C)(C)[N-][Si](C)(C)C.[K+].[K+]. The molecule has 31 heavy (non-hydrogen) atoms. The molecule has 0 heterocycles. The van der Waals surface area contributed by atoms with Crippen LogP contribution in [-0.2, 0) is 4.74 Å². The fourth-order valence-electron chi connectivity index (χ4n) is 2.61. The average molecular weight is 559 g/mol. The molecule has 0 aromatic heterocycles. The van der Waals surface area contributed by atoms with Crippen LogP contribution < -0.4 is 103 Å². The molecule has 0 saturated carbocycles. The van der Waals surface area contributed by atoms with E-state index in [9.17, 15) is 0 Å².